The van der Waals surface area contributed by atoms with Crippen molar-refractivity contribution in [2.75, 3.05) is 13.2 Å². The highest BCUT2D eigenvalue weighted by Gasteiger charge is 2.49. The summed E-state index contributed by atoms with van der Waals surface area (Å²) < 4.78 is 7.60. The zero-order valence-electron chi connectivity index (χ0n) is 20.4. The van der Waals surface area contributed by atoms with Gasteiger partial charge in [-0.25, -0.2) is 0 Å². The van der Waals surface area contributed by atoms with Gasteiger partial charge in [-0.15, -0.1) is 0 Å². The molecule has 0 bridgehead atoms. The monoisotopic (exact) mass is 464 g/mol. The SMILES string of the molecule is CCc1ccc(-c2cc3n(n2)C[C@@](C)(C(=O)NC2CCCCC2)N(C[C@H]2CCCO2)C3=O)cc1. The number of ether oxygens (including phenoxy) is 1. The minimum absolute atomic E-state index is 0.0266. The number of nitrogens with one attached hydrogen (secondary N) is 1. The molecular weight excluding hydrogens is 428 g/mol. The topological polar surface area (TPSA) is 76.5 Å². The van der Waals surface area contributed by atoms with Crippen LogP contribution in [0.1, 0.15) is 74.8 Å². The van der Waals surface area contributed by atoms with Gasteiger partial charge in [-0.05, 0) is 50.7 Å². The quantitative estimate of drug-likeness (QED) is 0.702. The van der Waals surface area contributed by atoms with Gasteiger partial charge in [0.25, 0.3) is 5.91 Å². The van der Waals surface area contributed by atoms with Crippen molar-refractivity contribution in [3.8, 4) is 11.3 Å². The molecule has 1 saturated heterocycles. The Morgan fingerprint density at radius 2 is 1.91 bits per heavy atom. The molecule has 1 N–H and O–H groups in total. The van der Waals surface area contributed by atoms with Gasteiger partial charge in [0.15, 0.2) is 0 Å². The molecule has 2 fully saturated rings. The number of hydrogen-bond donors (Lipinski definition) is 1. The average Bonchev–Trinajstić information content (AvgIpc) is 3.52. The fourth-order valence-electron chi connectivity index (χ4n) is 5.56. The first kappa shape index (κ1) is 23.1. The van der Waals surface area contributed by atoms with E-state index < -0.39 is 5.54 Å². The number of aryl methyl sites for hydroxylation is 1. The maximum absolute atomic E-state index is 13.8. The number of hydrogen-bond acceptors (Lipinski definition) is 4. The van der Waals surface area contributed by atoms with Crippen LogP contribution in [0.15, 0.2) is 30.3 Å². The molecule has 0 radical (unpaired) electrons. The predicted molar refractivity (Wildman–Crippen MR) is 130 cm³/mol. The van der Waals surface area contributed by atoms with Crippen LogP contribution in [0.25, 0.3) is 11.3 Å². The second-order valence-corrected chi connectivity index (χ2v) is 10.3. The van der Waals surface area contributed by atoms with Crippen LogP contribution >= 0.6 is 0 Å². The summed E-state index contributed by atoms with van der Waals surface area (Å²) in [5, 5.41) is 8.05. The van der Waals surface area contributed by atoms with Crippen molar-refractivity contribution in [2.45, 2.75) is 89.4 Å². The standard InChI is InChI=1S/C27H36N4O3/c1-3-19-11-13-20(14-12-19)23-16-24-25(32)30(17-22-10-7-15-34-22)27(2,18-31(24)29-23)26(33)28-21-8-5-4-6-9-21/h11-14,16,21-22H,3-10,15,17-18H2,1-2H3,(H,28,33)/t22-,27+/m1/s1. The summed E-state index contributed by atoms with van der Waals surface area (Å²) in [6.45, 7) is 5.50. The van der Waals surface area contributed by atoms with Crippen LogP contribution in [0.2, 0.25) is 0 Å². The molecule has 2 aromatic rings. The Kier molecular flexibility index (Phi) is 6.47. The Bertz CT molecular complexity index is 1030. The van der Waals surface area contributed by atoms with Crippen molar-refractivity contribution >= 4 is 11.8 Å². The predicted octanol–water partition coefficient (Wildman–Crippen LogP) is 3.95. The van der Waals surface area contributed by atoms with Crippen LogP contribution in [0.5, 0.6) is 0 Å². The fourth-order valence-corrected chi connectivity index (χ4v) is 5.56. The number of amides is 2. The number of rotatable bonds is 6. The van der Waals surface area contributed by atoms with Crippen LogP contribution in [-0.2, 0) is 22.5 Å². The molecule has 1 aromatic carbocycles. The van der Waals surface area contributed by atoms with Crippen LogP contribution < -0.4 is 5.32 Å². The molecule has 1 aromatic heterocycles. The molecule has 0 unspecified atom stereocenters. The Morgan fingerprint density at radius 3 is 2.59 bits per heavy atom. The molecule has 3 aliphatic rings. The van der Waals surface area contributed by atoms with E-state index in [0.717, 1.165) is 56.2 Å². The third-order valence-electron chi connectivity index (χ3n) is 7.80. The Balaban J connectivity index is 1.46. The van der Waals surface area contributed by atoms with E-state index in [0.29, 0.717) is 25.4 Å². The molecule has 2 amide bonds. The molecule has 2 aliphatic heterocycles. The minimum Gasteiger partial charge on any atom is -0.376 e. The summed E-state index contributed by atoms with van der Waals surface area (Å²) in [7, 11) is 0. The van der Waals surface area contributed by atoms with Gasteiger partial charge in [-0.2, -0.15) is 5.10 Å². The van der Waals surface area contributed by atoms with E-state index in [2.05, 4.69) is 36.5 Å². The van der Waals surface area contributed by atoms with E-state index in [-0.39, 0.29) is 24.0 Å². The first-order valence-corrected chi connectivity index (χ1v) is 12.9. The molecule has 3 heterocycles. The van der Waals surface area contributed by atoms with Crippen LogP contribution in [0.3, 0.4) is 0 Å². The Hall–Kier alpha value is -2.67. The highest BCUT2D eigenvalue weighted by molar-refractivity contribution is 6.00. The lowest BCUT2D eigenvalue weighted by Crippen LogP contribution is -2.66. The van der Waals surface area contributed by atoms with Crippen molar-refractivity contribution in [3.63, 3.8) is 0 Å². The van der Waals surface area contributed by atoms with Gasteiger partial charge in [0, 0.05) is 24.8 Å². The third kappa shape index (κ3) is 4.38. The Labute approximate surface area is 201 Å². The second kappa shape index (κ2) is 9.53. The van der Waals surface area contributed by atoms with Gasteiger partial charge in [0.05, 0.1) is 18.3 Å². The summed E-state index contributed by atoms with van der Waals surface area (Å²) in [6.07, 6.45) is 8.39. The third-order valence-corrected chi connectivity index (χ3v) is 7.80. The van der Waals surface area contributed by atoms with E-state index in [9.17, 15) is 9.59 Å². The highest BCUT2D eigenvalue weighted by atomic mass is 16.5. The summed E-state index contributed by atoms with van der Waals surface area (Å²) in [6, 6.07) is 10.4. The molecular formula is C27H36N4O3. The van der Waals surface area contributed by atoms with Crippen LogP contribution in [0.4, 0.5) is 0 Å². The van der Waals surface area contributed by atoms with Gasteiger partial charge in [0.1, 0.15) is 11.2 Å². The molecule has 2 atom stereocenters. The number of fused-ring (bicyclic) bond motifs is 1. The number of nitrogens with zero attached hydrogens (tertiary/aromatic N) is 3. The van der Waals surface area contributed by atoms with Gasteiger partial charge in [-0.3, -0.25) is 14.3 Å². The maximum atomic E-state index is 13.8. The number of carbonyl (C=O) groups is 2. The molecule has 1 aliphatic carbocycles. The lowest BCUT2D eigenvalue weighted by Gasteiger charge is -2.44. The van der Waals surface area contributed by atoms with Crippen molar-refractivity contribution < 1.29 is 14.3 Å². The second-order valence-electron chi connectivity index (χ2n) is 10.3. The highest BCUT2D eigenvalue weighted by Crippen LogP contribution is 2.32. The van der Waals surface area contributed by atoms with Crippen molar-refractivity contribution in [2.24, 2.45) is 0 Å². The van der Waals surface area contributed by atoms with Gasteiger partial charge < -0.3 is 15.0 Å². The normalized spacial score (nSPS) is 25.4. The molecule has 7 nitrogen and oxygen atoms in total. The molecule has 5 rings (SSSR count). The minimum atomic E-state index is -1.01. The van der Waals surface area contributed by atoms with Crippen LogP contribution in [0, 0.1) is 0 Å². The first-order valence-electron chi connectivity index (χ1n) is 12.9. The number of carbonyl (C=O) groups excluding carboxylic acids is 2. The van der Waals surface area contributed by atoms with E-state index in [1.807, 2.05) is 13.0 Å². The summed E-state index contributed by atoms with van der Waals surface area (Å²) in [5.41, 5.74) is 2.53. The first-order chi connectivity index (χ1) is 16.5. The van der Waals surface area contributed by atoms with Gasteiger partial charge in [0.2, 0.25) is 5.91 Å². The zero-order valence-corrected chi connectivity index (χ0v) is 20.4. The van der Waals surface area contributed by atoms with Gasteiger partial charge in [-0.1, -0.05) is 50.5 Å². The van der Waals surface area contributed by atoms with E-state index in [1.165, 1.54) is 12.0 Å². The molecule has 0 spiro atoms. The molecule has 7 heteroatoms. The number of aromatic nitrogens is 2. The van der Waals surface area contributed by atoms with Gasteiger partial charge >= 0.3 is 0 Å². The lowest BCUT2D eigenvalue weighted by atomic mass is 9.91. The summed E-state index contributed by atoms with van der Waals surface area (Å²) >= 11 is 0. The van der Waals surface area contributed by atoms with Crippen LogP contribution in [-0.4, -0.2) is 57.3 Å². The van der Waals surface area contributed by atoms with E-state index in [1.54, 1.807) is 9.58 Å². The zero-order chi connectivity index (χ0) is 23.7. The van der Waals surface area contributed by atoms with E-state index in [4.69, 9.17) is 9.84 Å². The lowest BCUT2D eigenvalue weighted by molar-refractivity contribution is -0.134. The fraction of sp³-hybridized carbons (Fsp3) is 0.593. The Morgan fingerprint density at radius 1 is 1.15 bits per heavy atom. The maximum Gasteiger partial charge on any atom is 0.273 e. The number of benzene rings is 1. The largest absolute Gasteiger partial charge is 0.376 e. The van der Waals surface area contributed by atoms with Crippen molar-refractivity contribution in [1.29, 1.82) is 0 Å². The molecule has 1 saturated carbocycles. The van der Waals surface area contributed by atoms with Crippen molar-refractivity contribution in [3.05, 3.63) is 41.6 Å². The van der Waals surface area contributed by atoms with E-state index >= 15 is 0 Å². The summed E-state index contributed by atoms with van der Waals surface area (Å²) in [4.78, 5) is 29.2. The molecule has 34 heavy (non-hydrogen) atoms. The van der Waals surface area contributed by atoms with Crippen molar-refractivity contribution in [1.82, 2.24) is 20.0 Å². The smallest absolute Gasteiger partial charge is 0.273 e. The summed E-state index contributed by atoms with van der Waals surface area (Å²) in [5.74, 6) is -0.229. The average molecular weight is 465 g/mol. The molecule has 182 valence electrons.